The van der Waals surface area contributed by atoms with Crippen LogP contribution in [-0.2, 0) is 9.59 Å². The lowest BCUT2D eigenvalue weighted by Crippen LogP contribution is -2.42. The van der Waals surface area contributed by atoms with Crippen LogP contribution in [-0.4, -0.2) is 36.3 Å². The molecule has 0 spiro atoms. The third-order valence-corrected chi connectivity index (χ3v) is 6.00. The number of hydrogen-bond donors (Lipinski definition) is 2. The van der Waals surface area contributed by atoms with Gasteiger partial charge < -0.3 is 10.6 Å². The van der Waals surface area contributed by atoms with Gasteiger partial charge in [-0.15, -0.1) is 0 Å². The van der Waals surface area contributed by atoms with Crippen LogP contribution in [0.15, 0.2) is 48.5 Å². The highest BCUT2D eigenvalue weighted by Crippen LogP contribution is 2.32. The summed E-state index contributed by atoms with van der Waals surface area (Å²) in [6.07, 6.45) is 1.54. The average Bonchev–Trinajstić information content (AvgIpc) is 2.74. The molecule has 0 atom stereocenters. The first kappa shape index (κ1) is 23.0. The van der Waals surface area contributed by atoms with Gasteiger partial charge in [0.05, 0.1) is 6.54 Å². The van der Waals surface area contributed by atoms with Crippen LogP contribution in [0.3, 0.4) is 0 Å². The largest absolute Gasteiger partial charge is 0.326 e. The molecule has 1 saturated heterocycles. The number of benzene rings is 2. The normalized spacial score (nSPS) is 15.3. The monoisotopic (exact) mass is 421 g/mol. The van der Waals surface area contributed by atoms with E-state index in [1.165, 1.54) is 11.1 Å². The molecule has 2 amide bonds. The van der Waals surface area contributed by atoms with Crippen LogP contribution < -0.4 is 10.6 Å². The van der Waals surface area contributed by atoms with Crippen molar-refractivity contribution < 1.29 is 9.59 Å². The Hall–Kier alpha value is -2.66. The van der Waals surface area contributed by atoms with Crippen LogP contribution in [0.2, 0.25) is 0 Å². The zero-order chi connectivity index (χ0) is 22.4. The van der Waals surface area contributed by atoms with E-state index in [1.807, 2.05) is 30.3 Å². The number of carbonyl (C=O) groups excluding carboxylic acids is 2. The summed E-state index contributed by atoms with van der Waals surface area (Å²) in [5.41, 5.74) is 4.15. The van der Waals surface area contributed by atoms with E-state index in [9.17, 15) is 9.59 Å². The Morgan fingerprint density at radius 2 is 1.45 bits per heavy atom. The van der Waals surface area contributed by atoms with Crippen molar-refractivity contribution in [1.29, 1.82) is 0 Å². The van der Waals surface area contributed by atoms with Crippen molar-refractivity contribution in [3.8, 4) is 0 Å². The third-order valence-electron chi connectivity index (χ3n) is 6.00. The number of anilines is 2. The first-order valence-corrected chi connectivity index (χ1v) is 11.4. The summed E-state index contributed by atoms with van der Waals surface area (Å²) in [5.74, 6) is 0.763. The van der Waals surface area contributed by atoms with E-state index in [4.69, 9.17) is 0 Å². The summed E-state index contributed by atoms with van der Waals surface area (Å²) in [6, 6.07) is 15.8. The second kappa shape index (κ2) is 10.6. The molecule has 5 heteroatoms. The maximum atomic E-state index is 12.9. The van der Waals surface area contributed by atoms with Crippen LogP contribution in [0.1, 0.15) is 63.5 Å². The number of carbonyl (C=O) groups is 2. The van der Waals surface area contributed by atoms with Gasteiger partial charge in [0.1, 0.15) is 0 Å². The second-order valence-corrected chi connectivity index (χ2v) is 9.07. The van der Waals surface area contributed by atoms with Gasteiger partial charge in [-0.25, -0.2) is 0 Å². The Labute approximate surface area is 186 Å². The Kier molecular flexibility index (Phi) is 7.85. The minimum absolute atomic E-state index is 0.00581. The number of hydrogen-bond acceptors (Lipinski definition) is 3. The maximum absolute atomic E-state index is 12.9. The Morgan fingerprint density at radius 3 is 2.00 bits per heavy atom. The zero-order valence-electron chi connectivity index (χ0n) is 19.2. The first-order valence-electron chi connectivity index (χ1n) is 11.4. The molecule has 31 heavy (non-hydrogen) atoms. The summed E-state index contributed by atoms with van der Waals surface area (Å²) in [6.45, 7) is 10.5. The van der Waals surface area contributed by atoms with Gasteiger partial charge in [-0.3, -0.25) is 14.5 Å². The molecule has 1 aliphatic heterocycles. The van der Waals surface area contributed by atoms with Crippen LogP contribution in [0, 0.1) is 5.92 Å². The lowest BCUT2D eigenvalue weighted by Gasteiger charge is -2.31. The standard InChI is InChI=1S/C26H35N3O2/c1-18(2)22-11-8-12-23(19(3)4)25(22)28-24(30)17-29-15-13-20(14-16-29)26(31)27-21-9-6-5-7-10-21/h5-12,18-20H,13-17H2,1-4H3,(H,27,31)(H,28,30). The molecule has 0 saturated carbocycles. The fourth-order valence-electron chi connectivity index (χ4n) is 4.20. The minimum Gasteiger partial charge on any atom is -0.326 e. The molecule has 5 nitrogen and oxygen atoms in total. The van der Waals surface area contributed by atoms with Gasteiger partial charge in [-0.05, 0) is 61.0 Å². The molecule has 1 fully saturated rings. The number of para-hydroxylation sites is 2. The smallest absolute Gasteiger partial charge is 0.238 e. The topological polar surface area (TPSA) is 61.4 Å². The van der Waals surface area contributed by atoms with Gasteiger partial charge in [-0.2, -0.15) is 0 Å². The summed E-state index contributed by atoms with van der Waals surface area (Å²) >= 11 is 0. The van der Waals surface area contributed by atoms with E-state index in [0.717, 1.165) is 37.3 Å². The van der Waals surface area contributed by atoms with Gasteiger partial charge >= 0.3 is 0 Å². The molecule has 0 unspecified atom stereocenters. The van der Waals surface area contributed by atoms with Crippen molar-refractivity contribution in [3.05, 3.63) is 59.7 Å². The maximum Gasteiger partial charge on any atom is 0.238 e. The number of amides is 2. The highest BCUT2D eigenvalue weighted by Gasteiger charge is 2.26. The van der Waals surface area contributed by atoms with Gasteiger partial charge in [0.15, 0.2) is 0 Å². The predicted molar refractivity (Wildman–Crippen MR) is 127 cm³/mol. The molecule has 2 aromatic rings. The predicted octanol–water partition coefficient (Wildman–Crippen LogP) is 5.22. The molecular formula is C26H35N3O2. The highest BCUT2D eigenvalue weighted by atomic mass is 16.2. The second-order valence-electron chi connectivity index (χ2n) is 9.07. The van der Waals surface area contributed by atoms with E-state index < -0.39 is 0 Å². The molecule has 1 heterocycles. The molecule has 0 aliphatic carbocycles. The highest BCUT2D eigenvalue weighted by molar-refractivity contribution is 5.94. The molecule has 166 valence electrons. The Bertz CT molecular complexity index is 859. The van der Waals surface area contributed by atoms with Gasteiger partial charge in [-0.1, -0.05) is 64.1 Å². The van der Waals surface area contributed by atoms with E-state index in [-0.39, 0.29) is 17.7 Å². The molecule has 2 aromatic carbocycles. The van der Waals surface area contributed by atoms with Crippen molar-refractivity contribution in [2.24, 2.45) is 5.92 Å². The van der Waals surface area contributed by atoms with Crippen molar-refractivity contribution in [1.82, 2.24) is 4.90 Å². The van der Waals surface area contributed by atoms with E-state index in [2.05, 4.69) is 61.4 Å². The fraction of sp³-hybridized carbons (Fsp3) is 0.462. The summed E-state index contributed by atoms with van der Waals surface area (Å²) in [4.78, 5) is 27.5. The molecule has 0 bridgehead atoms. The lowest BCUT2D eigenvalue weighted by atomic mass is 9.92. The van der Waals surface area contributed by atoms with Crippen molar-refractivity contribution in [2.75, 3.05) is 30.3 Å². The van der Waals surface area contributed by atoms with Crippen LogP contribution >= 0.6 is 0 Å². The van der Waals surface area contributed by atoms with E-state index >= 15 is 0 Å². The van der Waals surface area contributed by atoms with Gasteiger partial charge in [0.25, 0.3) is 0 Å². The average molecular weight is 422 g/mol. The minimum atomic E-state index is -0.00581. The van der Waals surface area contributed by atoms with Crippen LogP contribution in [0.4, 0.5) is 11.4 Å². The number of piperidine rings is 1. The van der Waals surface area contributed by atoms with Gasteiger partial charge in [0, 0.05) is 17.3 Å². The van der Waals surface area contributed by atoms with Crippen LogP contribution in [0.25, 0.3) is 0 Å². The number of nitrogens with zero attached hydrogens (tertiary/aromatic N) is 1. The summed E-state index contributed by atoms with van der Waals surface area (Å²) in [5, 5.41) is 6.19. The van der Waals surface area contributed by atoms with E-state index in [1.54, 1.807) is 0 Å². The number of nitrogens with one attached hydrogen (secondary N) is 2. The SMILES string of the molecule is CC(C)c1cccc(C(C)C)c1NC(=O)CN1CCC(C(=O)Nc2ccccc2)CC1. The molecule has 0 aromatic heterocycles. The molecule has 3 rings (SSSR count). The Morgan fingerprint density at radius 1 is 0.871 bits per heavy atom. The van der Waals surface area contributed by atoms with Gasteiger partial charge in [0.2, 0.25) is 11.8 Å². The molecule has 0 radical (unpaired) electrons. The van der Waals surface area contributed by atoms with Crippen LogP contribution in [0.5, 0.6) is 0 Å². The third kappa shape index (κ3) is 6.17. The molecular weight excluding hydrogens is 386 g/mol. The van der Waals surface area contributed by atoms with Crippen molar-refractivity contribution in [2.45, 2.75) is 52.4 Å². The van der Waals surface area contributed by atoms with Crippen molar-refractivity contribution >= 4 is 23.2 Å². The van der Waals surface area contributed by atoms with Crippen molar-refractivity contribution in [3.63, 3.8) is 0 Å². The fourth-order valence-corrected chi connectivity index (χ4v) is 4.20. The first-order chi connectivity index (χ1) is 14.8. The quantitative estimate of drug-likeness (QED) is 0.644. The summed E-state index contributed by atoms with van der Waals surface area (Å²) < 4.78 is 0. The van der Waals surface area contributed by atoms with E-state index in [0.29, 0.717) is 18.4 Å². The number of likely N-dealkylation sites (tertiary alicyclic amines) is 1. The summed E-state index contributed by atoms with van der Waals surface area (Å²) in [7, 11) is 0. The molecule has 1 aliphatic rings. The zero-order valence-corrected chi connectivity index (χ0v) is 19.2. The lowest BCUT2D eigenvalue weighted by molar-refractivity contribution is -0.121. The Balaban J connectivity index is 1.54. The molecule has 2 N–H and O–H groups in total. The number of rotatable bonds is 7.